The van der Waals surface area contributed by atoms with E-state index >= 15 is 0 Å². The first kappa shape index (κ1) is 21.7. The number of fused-ring (bicyclic) bond motifs is 1. The second-order valence-corrected chi connectivity index (χ2v) is 8.57. The quantitative estimate of drug-likeness (QED) is 0.585. The predicted molar refractivity (Wildman–Crippen MR) is 115 cm³/mol. The third-order valence-electron chi connectivity index (χ3n) is 5.69. The van der Waals surface area contributed by atoms with Crippen molar-refractivity contribution in [2.45, 2.75) is 44.1 Å². The Kier molecular flexibility index (Phi) is 6.27. The van der Waals surface area contributed by atoms with Crippen LogP contribution in [0, 0.1) is 0 Å². The summed E-state index contributed by atoms with van der Waals surface area (Å²) in [5.74, 6) is -2.68. The van der Waals surface area contributed by atoms with E-state index in [9.17, 15) is 22.3 Å². The standard InChI is InChI=1S/C22H23F2N3O3S/c23-22(24)11-8-17(9-12-22)27-21(28)19-7-2-1-6-18(19)20(26-27)16-5-3-4-15(14-16)10-13-25-31(29)30/h1-7,14,17,25H,8-13H2,(H,29,30)/p-1. The molecule has 9 heteroatoms. The molecule has 1 aromatic heterocycles. The van der Waals surface area contributed by atoms with Crippen LogP contribution < -0.4 is 10.3 Å². The molecule has 1 fully saturated rings. The van der Waals surface area contributed by atoms with E-state index in [-0.39, 0.29) is 43.8 Å². The Balaban J connectivity index is 1.75. The van der Waals surface area contributed by atoms with E-state index in [2.05, 4.69) is 9.82 Å². The Morgan fingerprint density at radius 3 is 2.55 bits per heavy atom. The average Bonchev–Trinajstić information content (AvgIpc) is 2.75. The van der Waals surface area contributed by atoms with Gasteiger partial charge in [-0.25, -0.2) is 18.2 Å². The van der Waals surface area contributed by atoms with Crippen LogP contribution in [0.2, 0.25) is 0 Å². The van der Waals surface area contributed by atoms with E-state index in [4.69, 9.17) is 0 Å². The molecule has 1 heterocycles. The summed E-state index contributed by atoms with van der Waals surface area (Å²) in [5.41, 5.74) is 2.03. The smallest absolute Gasteiger partial charge is 0.274 e. The van der Waals surface area contributed by atoms with Crippen LogP contribution >= 0.6 is 0 Å². The highest BCUT2D eigenvalue weighted by molar-refractivity contribution is 7.77. The lowest BCUT2D eigenvalue weighted by atomic mass is 9.92. The Labute approximate surface area is 180 Å². The van der Waals surface area contributed by atoms with Gasteiger partial charge in [-0.1, -0.05) is 36.4 Å². The summed E-state index contributed by atoms with van der Waals surface area (Å²) >= 11 is -2.32. The summed E-state index contributed by atoms with van der Waals surface area (Å²) in [6.07, 6.45) is 0.400. The van der Waals surface area contributed by atoms with Gasteiger partial charge in [0, 0.05) is 41.6 Å². The van der Waals surface area contributed by atoms with E-state index in [1.54, 1.807) is 12.1 Å². The predicted octanol–water partition coefficient (Wildman–Crippen LogP) is 3.74. The fourth-order valence-corrected chi connectivity index (χ4v) is 4.36. The molecule has 0 spiro atoms. The van der Waals surface area contributed by atoms with Crippen LogP contribution in [-0.2, 0) is 17.7 Å². The van der Waals surface area contributed by atoms with Gasteiger partial charge in [-0.3, -0.25) is 9.00 Å². The van der Waals surface area contributed by atoms with Crippen LogP contribution in [0.15, 0.2) is 53.3 Å². The summed E-state index contributed by atoms with van der Waals surface area (Å²) in [4.78, 5) is 13.1. The Morgan fingerprint density at radius 2 is 1.84 bits per heavy atom. The zero-order chi connectivity index (χ0) is 22.0. The van der Waals surface area contributed by atoms with Crippen molar-refractivity contribution in [3.8, 4) is 11.3 Å². The highest BCUT2D eigenvalue weighted by Crippen LogP contribution is 2.38. The van der Waals surface area contributed by atoms with Crippen LogP contribution in [0.25, 0.3) is 22.0 Å². The molecule has 1 saturated carbocycles. The highest BCUT2D eigenvalue weighted by Gasteiger charge is 2.36. The number of halogens is 2. The number of benzene rings is 2. The molecular formula is C22H22F2N3O3S-. The number of nitrogens with zero attached hydrogens (tertiary/aromatic N) is 2. The molecule has 3 aromatic rings. The maximum Gasteiger partial charge on any atom is 0.274 e. The third kappa shape index (κ3) is 4.89. The Hall–Kier alpha value is -2.49. The van der Waals surface area contributed by atoms with Gasteiger partial charge >= 0.3 is 0 Å². The van der Waals surface area contributed by atoms with Crippen LogP contribution in [0.5, 0.6) is 0 Å². The molecule has 1 unspecified atom stereocenters. The molecule has 1 N–H and O–H groups in total. The minimum atomic E-state index is -2.68. The largest absolute Gasteiger partial charge is 0.760 e. The number of aromatic nitrogens is 2. The van der Waals surface area contributed by atoms with E-state index in [1.807, 2.05) is 36.4 Å². The average molecular weight is 446 g/mol. The molecule has 6 nitrogen and oxygen atoms in total. The van der Waals surface area contributed by atoms with Gasteiger partial charge in [0.25, 0.3) is 5.56 Å². The molecule has 1 aliphatic rings. The lowest BCUT2D eigenvalue weighted by Gasteiger charge is -2.29. The first-order chi connectivity index (χ1) is 14.8. The molecule has 31 heavy (non-hydrogen) atoms. The van der Waals surface area contributed by atoms with Crippen molar-refractivity contribution in [3.05, 3.63) is 64.4 Å². The molecule has 2 aromatic carbocycles. The minimum absolute atomic E-state index is 0.204. The van der Waals surface area contributed by atoms with Crippen LogP contribution in [0.4, 0.5) is 8.78 Å². The van der Waals surface area contributed by atoms with Crippen LogP contribution in [0.1, 0.15) is 37.3 Å². The topological polar surface area (TPSA) is 87.1 Å². The fourth-order valence-electron chi connectivity index (χ4n) is 4.09. The van der Waals surface area contributed by atoms with Gasteiger partial charge in [-0.2, -0.15) is 5.10 Å². The van der Waals surface area contributed by atoms with Crippen molar-refractivity contribution >= 4 is 22.0 Å². The lowest BCUT2D eigenvalue weighted by molar-refractivity contribution is -0.0453. The molecule has 0 radical (unpaired) electrons. The van der Waals surface area contributed by atoms with Gasteiger partial charge in [0.2, 0.25) is 5.92 Å². The van der Waals surface area contributed by atoms with Crippen molar-refractivity contribution in [1.82, 2.24) is 14.5 Å². The number of nitrogens with one attached hydrogen (secondary N) is 1. The van der Waals surface area contributed by atoms with Gasteiger partial charge in [0.05, 0.1) is 17.1 Å². The summed E-state index contributed by atoms with van der Waals surface area (Å²) < 4.78 is 52.4. The van der Waals surface area contributed by atoms with E-state index in [0.717, 1.165) is 11.1 Å². The molecular weight excluding hydrogens is 424 g/mol. The van der Waals surface area contributed by atoms with Crippen molar-refractivity contribution in [3.63, 3.8) is 0 Å². The molecule has 0 bridgehead atoms. The van der Waals surface area contributed by atoms with Gasteiger partial charge < -0.3 is 4.55 Å². The second kappa shape index (κ2) is 8.94. The second-order valence-electron chi connectivity index (χ2n) is 7.81. The number of hydrogen-bond donors (Lipinski definition) is 1. The monoisotopic (exact) mass is 446 g/mol. The third-order valence-corrected chi connectivity index (χ3v) is 6.13. The normalized spacial score (nSPS) is 17.6. The van der Waals surface area contributed by atoms with Gasteiger partial charge in [-0.05, 0) is 37.0 Å². The van der Waals surface area contributed by atoms with Crippen LogP contribution in [-0.4, -0.2) is 31.0 Å². The Bertz CT molecular complexity index is 1170. The molecule has 0 saturated heterocycles. The van der Waals surface area contributed by atoms with Crippen LogP contribution in [0.3, 0.4) is 0 Å². The number of hydrogen-bond acceptors (Lipinski definition) is 4. The van der Waals surface area contributed by atoms with E-state index in [1.165, 1.54) is 4.68 Å². The first-order valence-electron chi connectivity index (χ1n) is 10.2. The summed E-state index contributed by atoms with van der Waals surface area (Å²) in [7, 11) is 0. The fraction of sp³-hybridized carbons (Fsp3) is 0.364. The van der Waals surface area contributed by atoms with E-state index < -0.39 is 17.2 Å². The maximum absolute atomic E-state index is 13.6. The molecule has 4 rings (SSSR count). The van der Waals surface area contributed by atoms with Crippen molar-refractivity contribution < 1.29 is 17.5 Å². The molecule has 164 valence electrons. The molecule has 1 atom stereocenters. The number of alkyl halides is 2. The van der Waals surface area contributed by atoms with Gasteiger partial charge in [0.15, 0.2) is 0 Å². The first-order valence-corrected chi connectivity index (χ1v) is 11.2. The maximum atomic E-state index is 13.6. The lowest BCUT2D eigenvalue weighted by Crippen LogP contribution is -2.33. The summed E-state index contributed by atoms with van der Waals surface area (Å²) in [5, 5.41) is 5.83. The van der Waals surface area contributed by atoms with Gasteiger partial charge in [-0.15, -0.1) is 0 Å². The zero-order valence-electron chi connectivity index (χ0n) is 16.7. The summed E-state index contributed by atoms with van der Waals surface area (Å²) in [6, 6.07) is 14.3. The molecule has 0 amide bonds. The zero-order valence-corrected chi connectivity index (χ0v) is 17.5. The molecule has 1 aliphatic carbocycles. The van der Waals surface area contributed by atoms with Crippen molar-refractivity contribution in [2.24, 2.45) is 0 Å². The number of rotatable bonds is 6. The van der Waals surface area contributed by atoms with Gasteiger partial charge in [0.1, 0.15) is 0 Å². The van der Waals surface area contributed by atoms with Crippen molar-refractivity contribution in [1.29, 1.82) is 0 Å². The van der Waals surface area contributed by atoms with E-state index in [0.29, 0.717) is 22.9 Å². The SMILES string of the molecule is O=c1c2ccccc2c(-c2cccc(CCNS(=O)[O-])c2)nn1C1CCC(F)(F)CC1. The van der Waals surface area contributed by atoms with Crippen molar-refractivity contribution in [2.75, 3.05) is 6.54 Å². The Morgan fingerprint density at radius 1 is 1.13 bits per heavy atom. The molecule has 0 aliphatic heterocycles. The highest BCUT2D eigenvalue weighted by atomic mass is 32.2. The minimum Gasteiger partial charge on any atom is -0.760 e. The summed E-state index contributed by atoms with van der Waals surface area (Å²) in [6.45, 7) is 0.267.